The zero-order chi connectivity index (χ0) is 9.14. The van der Waals surface area contributed by atoms with Gasteiger partial charge < -0.3 is 0 Å². The van der Waals surface area contributed by atoms with Gasteiger partial charge in [0.25, 0.3) is 0 Å². The first-order valence-corrected chi connectivity index (χ1v) is 4.54. The van der Waals surface area contributed by atoms with E-state index in [-0.39, 0.29) is 5.82 Å². The first-order valence-electron chi connectivity index (χ1n) is 4.16. The van der Waals surface area contributed by atoms with E-state index in [0.717, 1.165) is 12.0 Å². The van der Waals surface area contributed by atoms with Crippen molar-refractivity contribution in [3.63, 3.8) is 0 Å². The fourth-order valence-corrected chi connectivity index (χ4v) is 1.52. The van der Waals surface area contributed by atoms with E-state index in [4.69, 9.17) is 11.6 Å². The number of benzene rings is 1. The Bertz CT molecular complexity index is 281. The van der Waals surface area contributed by atoms with E-state index in [0.29, 0.717) is 17.0 Å². The van der Waals surface area contributed by atoms with E-state index < -0.39 is 0 Å². The third-order valence-corrected chi connectivity index (χ3v) is 2.35. The van der Waals surface area contributed by atoms with Gasteiger partial charge in [0, 0.05) is 10.6 Å². The highest BCUT2D eigenvalue weighted by molar-refractivity contribution is 6.31. The minimum absolute atomic E-state index is 0.132. The van der Waals surface area contributed by atoms with Crippen LogP contribution in [0.25, 0.3) is 0 Å². The highest BCUT2D eigenvalue weighted by atomic mass is 35.5. The van der Waals surface area contributed by atoms with Gasteiger partial charge in [0.15, 0.2) is 0 Å². The Morgan fingerprint density at radius 2 is 1.92 bits per heavy atom. The summed E-state index contributed by atoms with van der Waals surface area (Å²) in [5.41, 5.74) is 1.38. The summed E-state index contributed by atoms with van der Waals surface area (Å²) in [6.45, 7) is 3.84. The number of rotatable bonds is 2. The van der Waals surface area contributed by atoms with Crippen LogP contribution in [-0.2, 0) is 12.8 Å². The topological polar surface area (TPSA) is 0 Å². The summed E-state index contributed by atoms with van der Waals surface area (Å²) in [4.78, 5) is 0. The van der Waals surface area contributed by atoms with E-state index in [1.165, 1.54) is 0 Å². The Balaban J connectivity index is 3.24. The second-order valence-corrected chi connectivity index (χ2v) is 3.11. The second-order valence-electron chi connectivity index (χ2n) is 2.71. The maximum absolute atomic E-state index is 13.4. The molecule has 12 heavy (non-hydrogen) atoms. The molecule has 1 aromatic rings. The van der Waals surface area contributed by atoms with Gasteiger partial charge in [0.2, 0.25) is 0 Å². The molecule has 0 N–H and O–H groups in total. The quantitative estimate of drug-likeness (QED) is 0.662. The molecule has 0 aliphatic heterocycles. The lowest BCUT2D eigenvalue weighted by Gasteiger charge is -2.06. The van der Waals surface area contributed by atoms with Gasteiger partial charge in [0.05, 0.1) is 0 Å². The van der Waals surface area contributed by atoms with Crippen molar-refractivity contribution in [1.29, 1.82) is 0 Å². The average Bonchev–Trinajstić information content (AvgIpc) is 2.06. The van der Waals surface area contributed by atoms with Crippen LogP contribution in [0, 0.1) is 5.82 Å². The minimum Gasteiger partial charge on any atom is -0.206 e. The summed E-state index contributed by atoms with van der Waals surface area (Å²) in [6.07, 6.45) is 1.37. The summed E-state index contributed by atoms with van der Waals surface area (Å²) in [5.74, 6) is -0.132. The molecule has 0 fully saturated rings. The highest BCUT2D eigenvalue weighted by Crippen LogP contribution is 2.22. The summed E-state index contributed by atoms with van der Waals surface area (Å²) in [5, 5.41) is 0.534. The van der Waals surface area contributed by atoms with Gasteiger partial charge in [0.1, 0.15) is 5.82 Å². The summed E-state index contributed by atoms with van der Waals surface area (Å²) in [6, 6.07) is 3.51. The fraction of sp³-hybridized carbons (Fsp3) is 0.400. The SMILES string of the molecule is CCc1ccc(Cl)c(CC)c1F. The van der Waals surface area contributed by atoms with Crippen molar-refractivity contribution in [2.45, 2.75) is 26.7 Å². The van der Waals surface area contributed by atoms with Gasteiger partial charge in [-0.15, -0.1) is 0 Å². The molecule has 0 nitrogen and oxygen atoms in total. The van der Waals surface area contributed by atoms with E-state index >= 15 is 0 Å². The lowest BCUT2D eigenvalue weighted by Crippen LogP contribution is -1.95. The third-order valence-electron chi connectivity index (χ3n) is 2.00. The minimum atomic E-state index is -0.132. The Morgan fingerprint density at radius 1 is 1.25 bits per heavy atom. The lowest BCUT2D eigenvalue weighted by molar-refractivity contribution is 0.597. The number of halogens is 2. The molecule has 0 amide bonds. The Morgan fingerprint density at radius 3 is 2.42 bits per heavy atom. The van der Waals surface area contributed by atoms with Crippen molar-refractivity contribution in [2.24, 2.45) is 0 Å². The van der Waals surface area contributed by atoms with Crippen LogP contribution < -0.4 is 0 Å². The van der Waals surface area contributed by atoms with Gasteiger partial charge in [-0.05, 0) is 24.5 Å². The standard InChI is InChI=1S/C10H12ClF/c1-3-7-5-6-9(11)8(4-2)10(7)12/h5-6H,3-4H2,1-2H3. The molecule has 0 spiro atoms. The number of aryl methyl sites for hydroxylation is 1. The molecule has 0 saturated carbocycles. The molecule has 0 atom stereocenters. The molecule has 0 bridgehead atoms. The molecular weight excluding hydrogens is 175 g/mol. The van der Waals surface area contributed by atoms with Crippen molar-refractivity contribution >= 4 is 11.6 Å². The predicted octanol–water partition coefficient (Wildman–Crippen LogP) is 3.60. The fourth-order valence-electron chi connectivity index (χ4n) is 1.24. The maximum atomic E-state index is 13.4. The smallest absolute Gasteiger partial charge is 0.131 e. The van der Waals surface area contributed by atoms with Crippen LogP contribution in [0.1, 0.15) is 25.0 Å². The highest BCUT2D eigenvalue weighted by Gasteiger charge is 2.08. The van der Waals surface area contributed by atoms with Gasteiger partial charge in [-0.25, -0.2) is 4.39 Å². The lowest BCUT2D eigenvalue weighted by atomic mass is 10.1. The number of hydrogen-bond donors (Lipinski definition) is 0. The second kappa shape index (κ2) is 3.90. The van der Waals surface area contributed by atoms with Crippen molar-refractivity contribution in [2.75, 3.05) is 0 Å². The normalized spacial score (nSPS) is 10.3. The summed E-state index contributed by atoms with van der Waals surface area (Å²) >= 11 is 5.82. The van der Waals surface area contributed by atoms with Gasteiger partial charge in [-0.3, -0.25) is 0 Å². The van der Waals surface area contributed by atoms with Crippen molar-refractivity contribution < 1.29 is 4.39 Å². The maximum Gasteiger partial charge on any atom is 0.131 e. The first-order chi connectivity index (χ1) is 5.70. The Kier molecular flexibility index (Phi) is 3.10. The molecule has 0 aliphatic carbocycles. The number of hydrogen-bond acceptors (Lipinski definition) is 0. The molecule has 0 aliphatic rings. The Hall–Kier alpha value is -0.560. The molecule has 1 aromatic carbocycles. The van der Waals surface area contributed by atoms with Gasteiger partial charge >= 0.3 is 0 Å². The van der Waals surface area contributed by atoms with Crippen LogP contribution in [0.3, 0.4) is 0 Å². The van der Waals surface area contributed by atoms with Crippen molar-refractivity contribution in [3.05, 3.63) is 34.1 Å². The predicted molar refractivity (Wildman–Crippen MR) is 50.2 cm³/mol. The van der Waals surface area contributed by atoms with Gasteiger partial charge in [-0.1, -0.05) is 31.5 Å². The van der Waals surface area contributed by atoms with E-state index in [2.05, 4.69) is 0 Å². The van der Waals surface area contributed by atoms with Crippen molar-refractivity contribution in [1.82, 2.24) is 0 Å². The first kappa shape index (κ1) is 9.53. The van der Waals surface area contributed by atoms with Crippen LogP contribution in [-0.4, -0.2) is 0 Å². The molecule has 0 radical (unpaired) electrons. The molecule has 0 heterocycles. The third kappa shape index (κ3) is 1.61. The Labute approximate surface area is 77.4 Å². The molecule has 0 saturated heterocycles. The van der Waals surface area contributed by atoms with Crippen LogP contribution in [0.2, 0.25) is 5.02 Å². The zero-order valence-corrected chi connectivity index (χ0v) is 8.08. The average molecular weight is 187 g/mol. The molecule has 0 unspecified atom stereocenters. The van der Waals surface area contributed by atoms with E-state index in [1.54, 1.807) is 12.1 Å². The van der Waals surface area contributed by atoms with Crippen molar-refractivity contribution in [3.8, 4) is 0 Å². The molecule has 1 rings (SSSR count). The van der Waals surface area contributed by atoms with Crippen LogP contribution >= 0.6 is 11.6 Å². The van der Waals surface area contributed by atoms with E-state index in [9.17, 15) is 4.39 Å². The van der Waals surface area contributed by atoms with Crippen LogP contribution in [0.15, 0.2) is 12.1 Å². The summed E-state index contributed by atoms with van der Waals surface area (Å²) < 4.78 is 13.4. The van der Waals surface area contributed by atoms with Crippen LogP contribution in [0.4, 0.5) is 4.39 Å². The molecule has 2 heteroatoms. The molecule has 0 aromatic heterocycles. The monoisotopic (exact) mass is 186 g/mol. The molecular formula is C10H12ClF. The molecule has 66 valence electrons. The zero-order valence-electron chi connectivity index (χ0n) is 7.32. The van der Waals surface area contributed by atoms with Gasteiger partial charge in [-0.2, -0.15) is 0 Å². The summed E-state index contributed by atoms with van der Waals surface area (Å²) in [7, 11) is 0. The largest absolute Gasteiger partial charge is 0.206 e. The van der Waals surface area contributed by atoms with E-state index in [1.807, 2.05) is 13.8 Å². The van der Waals surface area contributed by atoms with Crippen LogP contribution in [0.5, 0.6) is 0 Å².